The topological polar surface area (TPSA) is 26.0 Å². The number of benzene rings is 1. The predicted octanol–water partition coefficient (Wildman–Crippen LogP) is 4.08. The Morgan fingerprint density at radius 1 is 1.28 bits per heavy atom. The summed E-state index contributed by atoms with van der Waals surface area (Å²) in [6.07, 6.45) is 7.75. The summed E-state index contributed by atoms with van der Waals surface area (Å²) in [6, 6.07) is 9.08. The fraction of sp³-hybridized carbons (Fsp3) is 0.647. The smallest absolute Gasteiger partial charge is 0.00704 e. The highest BCUT2D eigenvalue weighted by atomic mass is 14.6. The van der Waals surface area contributed by atoms with Gasteiger partial charge in [0.25, 0.3) is 0 Å². The van der Waals surface area contributed by atoms with Crippen molar-refractivity contribution in [3.05, 3.63) is 35.4 Å². The third-order valence-corrected chi connectivity index (χ3v) is 4.59. The van der Waals surface area contributed by atoms with Gasteiger partial charge in [-0.2, -0.15) is 0 Å². The van der Waals surface area contributed by atoms with Crippen molar-refractivity contribution >= 4 is 0 Å². The zero-order chi connectivity index (χ0) is 13.0. The van der Waals surface area contributed by atoms with Crippen LogP contribution in [-0.2, 0) is 6.42 Å². The number of rotatable bonds is 4. The Morgan fingerprint density at radius 2 is 2.06 bits per heavy atom. The number of aryl methyl sites for hydroxylation is 2. The van der Waals surface area contributed by atoms with Gasteiger partial charge in [-0.1, -0.05) is 44.0 Å². The van der Waals surface area contributed by atoms with Gasteiger partial charge in [-0.15, -0.1) is 0 Å². The molecule has 0 aromatic heterocycles. The lowest BCUT2D eigenvalue weighted by atomic mass is 9.77. The molecule has 3 unspecified atom stereocenters. The SMILES string of the molecule is Cc1ccccc1CCC(N)C1CCCC(C)C1. The first-order chi connectivity index (χ1) is 8.66. The van der Waals surface area contributed by atoms with Crippen molar-refractivity contribution < 1.29 is 0 Å². The third kappa shape index (κ3) is 3.58. The van der Waals surface area contributed by atoms with Gasteiger partial charge in [0.15, 0.2) is 0 Å². The van der Waals surface area contributed by atoms with Crippen LogP contribution in [0.1, 0.15) is 50.2 Å². The highest BCUT2D eigenvalue weighted by Crippen LogP contribution is 2.31. The van der Waals surface area contributed by atoms with Gasteiger partial charge < -0.3 is 5.73 Å². The molecule has 1 aliphatic rings. The molecule has 3 atom stereocenters. The van der Waals surface area contributed by atoms with Crippen LogP contribution >= 0.6 is 0 Å². The van der Waals surface area contributed by atoms with Crippen LogP contribution in [0.2, 0.25) is 0 Å². The zero-order valence-electron chi connectivity index (χ0n) is 11.9. The molecular weight excluding hydrogens is 218 g/mol. The summed E-state index contributed by atoms with van der Waals surface area (Å²) >= 11 is 0. The lowest BCUT2D eigenvalue weighted by molar-refractivity contribution is 0.240. The van der Waals surface area contributed by atoms with Gasteiger partial charge in [0.2, 0.25) is 0 Å². The van der Waals surface area contributed by atoms with E-state index in [0.717, 1.165) is 24.7 Å². The van der Waals surface area contributed by atoms with Crippen LogP contribution in [-0.4, -0.2) is 6.04 Å². The summed E-state index contributed by atoms with van der Waals surface area (Å²) in [5, 5.41) is 0. The molecule has 1 nitrogen and oxygen atoms in total. The summed E-state index contributed by atoms with van der Waals surface area (Å²) in [7, 11) is 0. The second-order valence-electron chi connectivity index (χ2n) is 6.16. The molecule has 1 fully saturated rings. The van der Waals surface area contributed by atoms with E-state index in [2.05, 4.69) is 38.1 Å². The van der Waals surface area contributed by atoms with Crippen molar-refractivity contribution in [1.29, 1.82) is 0 Å². The summed E-state index contributed by atoms with van der Waals surface area (Å²) in [5.74, 6) is 1.64. The number of hydrogen-bond acceptors (Lipinski definition) is 1. The van der Waals surface area contributed by atoms with Gasteiger partial charge in [-0.05, 0) is 55.6 Å². The van der Waals surface area contributed by atoms with Gasteiger partial charge in [-0.25, -0.2) is 0 Å². The molecule has 0 aliphatic heterocycles. The molecule has 1 saturated carbocycles. The van der Waals surface area contributed by atoms with Crippen LogP contribution in [0.5, 0.6) is 0 Å². The second kappa shape index (κ2) is 6.38. The molecule has 1 aliphatic carbocycles. The van der Waals surface area contributed by atoms with E-state index in [1.54, 1.807) is 0 Å². The van der Waals surface area contributed by atoms with Crippen LogP contribution in [0.25, 0.3) is 0 Å². The zero-order valence-corrected chi connectivity index (χ0v) is 11.9. The van der Waals surface area contributed by atoms with E-state index in [1.165, 1.54) is 36.8 Å². The molecular formula is C17H27N. The van der Waals surface area contributed by atoms with Gasteiger partial charge in [0.1, 0.15) is 0 Å². The standard InChI is InChI=1S/C17H27N/c1-13-6-5-9-16(12-13)17(18)11-10-15-8-4-3-7-14(15)2/h3-4,7-8,13,16-17H,5-6,9-12,18H2,1-2H3. The molecule has 100 valence electrons. The maximum Gasteiger partial charge on any atom is 0.00704 e. The van der Waals surface area contributed by atoms with Crippen LogP contribution in [0, 0.1) is 18.8 Å². The van der Waals surface area contributed by atoms with Gasteiger partial charge >= 0.3 is 0 Å². The molecule has 2 N–H and O–H groups in total. The van der Waals surface area contributed by atoms with E-state index in [4.69, 9.17) is 5.73 Å². The van der Waals surface area contributed by atoms with Crippen molar-refractivity contribution in [3.63, 3.8) is 0 Å². The predicted molar refractivity (Wildman–Crippen MR) is 78.6 cm³/mol. The van der Waals surface area contributed by atoms with Crippen molar-refractivity contribution in [2.24, 2.45) is 17.6 Å². The Labute approximate surface area is 112 Å². The van der Waals surface area contributed by atoms with E-state index < -0.39 is 0 Å². The van der Waals surface area contributed by atoms with E-state index in [-0.39, 0.29) is 0 Å². The minimum Gasteiger partial charge on any atom is -0.327 e. The second-order valence-corrected chi connectivity index (χ2v) is 6.16. The third-order valence-electron chi connectivity index (χ3n) is 4.59. The van der Waals surface area contributed by atoms with Crippen LogP contribution in [0.3, 0.4) is 0 Å². The molecule has 18 heavy (non-hydrogen) atoms. The highest BCUT2D eigenvalue weighted by Gasteiger charge is 2.23. The summed E-state index contributed by atoms with van der Waals surface area (Å²) in [4.78, 5) is 0. The molecule has 1 aromatic rings. The monoisotopic (exact) mass is 245 g/mol. The lowest BCUT2D eigenvalue weighted by Gasteiger charge is -2.31. The maximum atomic E-state index is 6.41. The Kier molecular flexibility index (Phi) is 4.82. The van der Waals surface area contributed by atoms with Crippen LogP contribution in [0.15, 0.2) is 24.3 Å². The molecule has 0 amide bonds. The number of hydrogen-bond donors (Lipinski definition) is 1. The molecule has 0 radical (unpaired) electrons. The van der Waals surface area contributed by atoms with Crippen LogP contribution in [0.4, 0.5) is 0 Å². The first kappa shape index (κ1) is 13.6. The van der Waals surface area contributed by atoms with E-state index in [0.29, 0.717) is 6.04 Å². The quantitative estimate of drug-likeness (QED) is 0.850. The van der Waals surface area contributed by atoms with Crippen molar-refractivity contribution in [2.75, 3.05) is 0 Å². The number of nitrogens with two attached hydrogens (primary N) is 1. The average molecular weight is 245 g/mol. The fourth-order valence-corrected chi connectivity index (χ4v) is 3.32. The first-order valence-corrected chi connectivity index (χ1v) is 7.47. The summed E-state index contributed by atoms with van der Waals surface area (Å²) in [5.41, 5.74) is 9.28. The summed E-state index contributed by atoms with van der Waals surface area (Å²) < 4.78 is 0. The lowest BCUT2D eigenvalue weighted by Crippen LogP contribution is -2.33. The maximum absolute atomic E-state index is 6.41. The first-order valence-electron chi connectivity index (χ1n) is 7.47. The molecule has 1 heteroatoms. The Morgan fingerprint density at radius 3 is 2.78 bits per heavy atom. The Hall–Kier alpha value is -0.820. The van der Waals surface area contributed by atoms with Crippen molar-refractivity contribution in [3.8, 4) is 0 Å². The van der Waals surface area contributed by atoms with Gasteiger partial charge in [0, 0.05) is 6.04 Å². The molecule has 0 spiro atoms. The van der Waals surface area contributed by atoms with Crippen molar-refractivity contribution in [1.82, 2.24) is 0 Å². The van der Waals surface area contributed by atoms with Crippen molar-refractivity contribution in [2.45, 2.75) is 58.4 Å². The molecule has 0 heterocycles. The highest BCUT2D eigenvalue weighted by molar-refractivity contribution is 5.25. The van der Waals surface area contributed by atoms with E-state index in [9.17, 15) is 0 Å². The fourth-order valence-electron chi connectivity index (χ4n) is 3.32. The normalized spacial score (nSPS) is 25.9. The Balaban J connectivity index is 1.84. The minimum atomic E-state index is 0.396. The van der Waals surface area contributed by atoms with Gasteiger partial charge in [-0.3, -0.25) is 0 Å². The molecule has 0 bridgehead atoms. The minimum absolute atomic E-state index is 0.396. The molecule has 0 saturated heterocycles. The van der Waals surface area contributed by atoms with E-state index in [1.807, 2.05) is 0 Å². The Bertz CT molecular complexity index is 372. The molecule has 2 rings (SSSR count). The average Bonchev–Trinajstić information content (AvgIpc) is 2.37. The van der Waals surface area contributed by atoms with E-state index >= 15 is 0 Å². The van der Waals surface area contributed by atoms with Gasteiger partial charge in [0.05, 0.1) is 0 Å². The molecule has 1 aromatic carbocycles. The largest absolute Gasteiger partial charge is 0.327 e. The van der Waals surface area contributed by atoms with Crippen LogP contribution < -0.4 is 5.73 Å². The summed E-state index contributed by atoms with van der Waals surface area (Å²) in [6.45, 7) is 4.57.